The highest BCUT2D eigenvalue weighted by atomic mass is 35.5. The minimum atomic E-state index is -0.300. The summed E-state index contributed by atoms with van der Waals surface area (Å²) >= 11 is 13.3. The molecule has 0 saturated heterocycles. The molecule has 0 aliphatic rings. The molecule has 130 valence electrons. The third-order valence-electron chi connectivity index (χ3n) is 3.40. The molecule has 0 saturated carbocycles. The van der Waals surface area contributed by atoms with Crippen molar-refractivity contribution in [2.45, 2.75) is 6.92 Å². The van der Waals surface area contributed by atoms with Gasteiger partial charge in [0.1, 0.15) is 11.5 Å². The van der Waals surface area contributed by atoms with Crippen molar-refractivity contribution < 1.29 is 14.3 Å². The second kappa shape index (κ2) is 7.47. The van der Waals surface area contributed by atoms with E-state index in [4.69, 9.17) is 32.7 Å². The van der Waals surface area contributed by atoms with Crippen molar-refractivity contribution in [1.82, 2.24) is 4.98 Å². The lowest BCUT2D eigenvalue weighted by Gasteiger charge is -2.08. The summed E-state index contributed by atoms with van der Waals surface area (Å²) in [5.74, 6) is 0.879. The van der Waals surface area contributed by atoms with Crippen LogP contribution in [0.3, 0.4) is 0 Å². The van der Waals surface area contributed by atoms with Gasteiger partial charge in [-0.1, -0.05) is 34.5 Å². The van der Waals surface area contributed by atoms with E-state index in [1.54, 1.807) is 37.4 Å². The van der Waals surface area contributed by atoms with E-state index < -0.39 is 0 Å². The average Bonchev–Trinajstić information content (AvgIpc) is 2.94. The van der Waals surface area contributed by atoms with E-state index in [2.05, 4.69) is 10.3 Å². The van der Waals surface area contributed by atoms with Crippen LogP contribution >= 0.6 is 34.5 Å². The van der Waals surface area contributed by atoms with E-state index in [-0.39, 0.29) is 12.5 Å². The van der Waals surface area contributed by atoms with E-state index in [9.17, 15) is 4.79 Å². The zero-order valence-electron chi connectivity index (χ0n) is 13.4. The number of carbonyl (C=O) groups is 1. The number of hydrogen-bond donors (Lipinski definition) is 1. The largest absolute Gasteiger partial charge is 0.495 e. The van der Waals surface area contributed by atoms with Crippen LogP contribution in [0.15, 0.2) is 30.3 Å². The summed E-state index contributed by atoms with van der Waals surface area (Å²) in [6.45, 7) is 1.74. The van der Waals surface area contributed by atoms with Crippen LogP contribution in [0.4, 0.5) is 5.13 Å². The number of fused-ring (bicyclic) bond motifs is 1. The first kappa shape index (κ1) is 17.8. The molecule has 1 N–H and O–H groups in total. The number of nitrogens with one attached hydrogen (secondary N) is 1. The molecule has 0 aliphatic heterocycles. The zero-order chi connectivity index (χ0) is 18.0. The first-order valence-electron chi connectivity index (χ1n) is 7.29. The number of benzene rings is 2. The molecule has 8 heteroatoms. The number of aromatic nitrogens is 1. The third kappa shape index (κ3) is 4.15. The monoisotopic (exact) mass is 396 g/mol. The molecule has 0 fully saturated rings. The number of halogens is 2. The minimum Gasteiger partial charge on any atom is -0.495 e. The molecule has 0 spiro atoms. The highest BCUT2D eigenvalue weighted by molar-refractivity contribution is 7.22. The van der Waals surface area contributed by atoms with Gasteiger partial charge in [-0.2, -0.15) is 0 Å². The van der Waals surface area contributed by atoms with Crippen LogP contribution in [0.1, 0.15) is 5.56 Å². The van der Waals surface area contributed by atoms with Crippen LogP contribution in [0.2, 0.25) is 10.0 Å². The van der Waals surface area contributed by atoms with Gasteiger partial charge >= 0.3 is 0 Å². The normalized spacial score (nSPS) is 10.7. The maximum Gasteiger partial charge on any atom is 0.264 e. The van der Waals surface area contributed by atoms with Gasteiger partial charge in [-0.25, -0.2) is 4.98 Å². The summed E-state index contributed by atoms with van der Waals surface area (Å²) in [5.41, 5.74) is 1.56. The van der Waals surface area contributed by atoms with E-state index >= 15 is 0 Å². The lowest BCUT2D eigenvalue weighted by molar-refractivity contribution is -0.118. The Morgan fingerprint density at radius 3 is 2.76 bits per heavy atom. The Kier molecular flexibility index (Phi) is 5.32. The molecule has 5 nitrogen and oxygen atoms in total. The predicted molar refractivity (Wildman–Crippen MR) is 101 cm³/mol. The van der Waals surface area contributed by atoms with Crippen LogP contribution in [0.5, 0.6) is 11.5 Å². The van der Waals surface area contributed by atoms with Gasteiger partial charge < -0.3 is 9.47 Å². The third-order valence-corrected chi connectivity index (χ3v) is 4.87. The molecule has 0 atom stereocenters. The number of anilines is 1. The lowest BCUT2D eigenvalue weighted by atomic mass is 10.2. The van der Waals surface area contributed by atoms with E-state index in [1.165, 1.54) is 11.3 Å². The van der Waals surface area contributed by atoms with Gasteiger partial charge in [-0.3, -0.25) is 10.1 Å². The summed E-state index contributed by atoms with van der Waals surface area (Å²) in [6.07, 6.45) is 0. The molecule has 1 amide bonds. The van der Waals surface area contributed by atoms with Crippen molar-refractivity contribution in [3.05, 3.63) is 45.9 Å². The predicted octanol–water partition coefficient (Wildman–Crippen LogP) is 4.94. The van der Waals surface area contributed by atoms with Gasteiger partial charge in [0.05, 0.1) is 22.3 Å². The van der Waals surface area contributed by atoms with Crippen molar-refractivity contribution in [1.29, 1.82) is 0 Å². The first-order valence-corrected chi connectivity index (χ1v) is 8.86. The number of methoxy groups -OCH3 is 1. The van der Waals surface area contributed by atoms with Crippen molar-refractivity contribution >= 4 is 55.8 Å². The van der Waals surface area contributed by atoms with Crippen molar-refractivity contribution in [3.63, 3.8) is 0 Å². The molecular weight excluding hydrogens is 383 g/mol. The average molecular weight is 397 g/mol. The van der Waals surface area contributed by atoms with Crippen LogP contribution in [0, 0.1) is 6.92 Å². The minimum absolute atomic E-state index is 0.123. The SMILES string of the molecule is COc1cc2sc(NC(=O)COc3ccc(Cl)cc3C)nc2cc1Cl. The van der Waals surface area contributed by atoms with Gasteiger partial charge in [0.25, 0.3) is 5.91 Å². The van der Waals surface area contributed by atoms with E-state index in [1.807, 2.05) is 6.92 Å². The first-order chi connectivity index (χ1) is 12.0. The molecule has 25 heavy (non-hydrogen) atoms. The Morgan fingerprint density at radius 2 is 2.04 bits per heavy atom. The highest BCUT2D eigenvalue weighted by Crippen LogP contribution is 2.34. The Morgan fingerprint density at radius 1 is 1.24 bits per heavy atom. The fourth-order valence-corrected chi connectivity index (χ4v) is 3.57. The summed E-state index contributed by atoms with van der Waals surface area (Å²) < 4.78 is 11.6. The fourth-order valence-electron chi connectivity index (χ4n) is 2.21. The van der Waals surface area contributed by atoms with Crippen LogP contribution in [-0.2, 0) is 4.79 Å². The number of rotatable bonds is 5. The molecule has 0 bridgehead atoms. The van der Waals surface area contributed by atoms with Gasteiger partial charge in [-0.15, -0.1) is 0 Å². The Hall–Kier alpha value is -2.02. The summed E-state index contributed by atoms with van der Waals surface area (Å²) in [5, 5.41) is 4.29. The summed E-state index contributed by atoms with van der Waals surface area (Å²) in [7, 11) is 1.55. The zero-order valence-corrected chi connectivity index (χ0v) is 15.8. The Bertz CT molecular complexity index is 943. The van der Waals surface area contributed by atoms with Gasteiger partial charge in [-0.05, 0) is 36.8 Å². The van der Waals surface area contributed by atoms with Crippen LogP contribution in [0.25, 0.3) is 10.2 Å². The number of hydrogen-bond acceptors (Lipinski definition) is 5. The summed E-state index contributed by atoms with van der Waals surface area (Å²) in [6, 6.07) is 8.72. The number of carbonyl (C=O) groups excluding carboxylic acids is 1. The quantitative estimate of drug-likeness (QED) is 0.663. The van der Waals surface area contributed by atoms with E-state index in [0.29, 0.717) is 32.2 Å². The molecule has 3 aromatic rings. The van der Waals surface area contributed by atoms with Crippen LogP contribution in [-0.4, -0.2) is 24.6 Å². The highest BCUT2D eigenvalue weighted by Gasteiger charge is 2.12. The smallest absolute Gasteiger partial charge is 0.264 e. The Balaban J connectivity index is 1.67. The lowest BCUT2D eigenvalue weighted by Crippen LogP contribution is -2.20. The number of amides is 1. The van der Waals surface area contributed by atoms with Crippen molar-refractivity contribution in [2.75, 3.05) is 19.0 Å². The van der Waals surface area contributed by atoms with Crippen LogP contribution < -0.4 is 14.8 Å². The molecule has 0 unspecified atom stereocenters. The maximum absolute atomic E-state index is 12.1. The van der Waals surface area contributed by atoms with E-state index in [0.717, 1.165) is 10.3 Å². The molecule has 1 aromatic heterocycles. The van der Waals surface area contributed by atoms with Crippen molar-refractivity contribution in [3.8, 4) is 11.5 Å². The maximum atomic E-state index is 12.1. The van der Waals surface area contributed by atoms with Gasteiger partial charge in [0.15, 0.2) is 11.7 Å². The molecule has 1 heterocycles. The number of thiazole rings is 1. The fraction of sp³-hybridized carbons (Fsp3) is 0.176. The molecule has 3 rings (SSSR count). The molecule has 2 aromatic carbocycles. The molecule has 0 radical (unpaired) electrons. The van der Waals surface area contributed by atoms with Gasteiger partial charge in [0.2, 0.25) is 0 Å². The van der Waals surface area contributed by atoms with Crippen molar-refractivity contribution in [2.24, 2.45) is 0 Å². The molecule has 0 aliphatic carbocycles. The van der Waals surface area contributed by atoms with Gasteiger partial charge in [0, 0.05) is 11.1 Å². The summed E-state index contributed by atoms with van der Waals surface area (Å²) in [4.78, 5) is 16.4. The number of ether oxygens (including phenoxy) is 2. The number of nitrogens with zero attached hydrogens (tertiary/aromatic N) is 1. The number of aryl methyl sites for hydroxylation is 1. The Labute approximate surface area is 158 Å². The topological polar surface area (TPSA) is 60.5 Å². The second-order valence-electron chi connectivity index (χ2n) is 5.22. The molecular formula is C17H14Cl2N2O3S. The second-order valence-corrected chi connectivity index (χ2v) is 7.09. The standard InChI is InChI=1S/C17H14Cl2N2O3S/c1-9-5-10(18)3-4-13(9)24-8-16(22)21-17-20-12-6-11(19)14(23-2)7-15(12)25-17/h3-7H,8H2,1-2H3,(H,20,21,22).